The van der Waals surface area contributed by atoms with Gasteiger partial charge in [0.1, 0.15) is 10.6 Å². The van der Waals surface area contributed by atoms with E-state index in [1.54, 1.807) is 12.1 Å². The summed E-state index contributed by atoms with van der Waals surface area (Å²) in [6, 6.07) is 2.92. The van der Waals surface area contributed by atoms with Crippen LogP contribution in [0.4, 0.5) is 0 Å². The third kappa shape index (κ3) is 3.29. The highest BCUT2D eigenvalue weighted by molar-refractivity contribution is 9.10. The van der Waals surface area contributed by atoms with Crippen molar-refractivity contribution < 1.29 is 9.59 Å². The largest absolute Gasteiger partial charge is 0.354 e. The molecule has 0 aromatic carbocycles. The molecule has 1 fully saturated rings. The topological polar surface area (TPSA) is 71.1 Å². The van der Waals surface area contributed by atoms with Crippen molar-refractivity contribution in [3.8, 4) is 0 Å². The van der Waals surface area contributed by atoms with Gasteiger partial charge < -0.3 is 10.6 Å². The SMILES string of the molecule is O=C(NC1CCCCNC1=O)c1ccc(Br)nc1. The Hall–Kier alpha value is -1.43. The Morgan fingerprint density at radius 3 is 3.00 bits per heavy atom. The molecule has 2 N–H and O–H groups in total. The van der Waals surface area contributed by atoms with E-state index in [4.69, 9.17) is 0 Å². The van der Waals surface area contributed by atoms with Crippen LogP contribution < -0.4 is 10.6 Å². The minimum absolute atomic E-state index is 0.106. The second kappa shape index (κ2) is 5.95. The van der Waals surface area contributed by atoms with Crippen molar-refractivity contribution in [1.82, 2.24) is 15.6 Å². The van der Waals surface area contributed by atoms with E-state index in [0.717, 1.165) is 12.8 Å². The highest BCUT2D eigenvalue weighted by Crippen LogP contribution is 2.09. The van der Waals surface area contributed by atoms with Crippen molar-refractivity contribution in [1.29, 1.82) is 0 Å². The van der Waals surface area contributed by atoms with E-state index in [-0.39, 0.29) is 11.8 Å². The molecule has 0 aliphatic carbocycles. The highest BCUT2D eigenvalue weighted by Gasteiger charge is 2.22. The smallest absolute Gasteiger partial charge is 0.253 e. The molecule has 1 aliphatic rings. The van der Waals surface area contributed by atoms with E-state index >= 15 is 0 Å². The molecule has 1 aromatic heterocycles. The molecule has 6 heteroatoms. The summed E-state index contributed by atoms with van der Waals surface area (Å²) in [4.78, 5) is 27.6. The van der Waals surface area contributed by atoms with Crippen LogP contribution in [0.25, 0.3) is 0 Å². The maximum Gasteiger partial charge on any atom is 0.253 e. The van der Waals surface area contributed by atoms with Crippen LogP contribution in [0, 0.1) is 0 Å². The van der Waals surface area contributed by atoms with Crippen LogP contribution in [0.1, 0.15) is 29.6 Å². The van der Waals surface area contributed by atoms with Crippen molar-refractivity contribution in [3.63, 3.8) is 0 Å². The number of hydrogen-bond donors (Lipinski definition) is 2. The fraction of sp³-hybridized carbons (Fsp3) is 0.417. The first-order valence-electron chi connectivity index (χ1n) is 5.87. The zero-order valence-corrected chi connectivity index (χ0v) is 11.4. The van der Waals surface area contributed by atoms with Crippen molar-refractivity contribution in [2.75, 3.05) is 6.54 Å². The van der Waals surface area contributed by atoms with Crippen molar-refractivity contribution >= 4 is 27.7 Å². The number of rotatable bonds is 2. The second-order valence-electron chi connectivity index (χ2n) is 4.18. The van der Waals surface area contributed by atoms with Gasteiger partial charge in [0.05, 0.1) is 5.56 Å². The average molecular weight is 312 g/mol. The number of nitrogens with one attached hydrogen (secondary N) is 2. The molecule has 0 bridgehead atoms. The van der Waals surface area contributed by atoms with Crippen LogP contribution in [-0.4, -0.2) is 29.4 Å². The maximum atomic E-state index is 11.9. The zero-order valence-electron chi connectivity index (χ0n) is 9.78. The number of nitrogens with zero attached hydrogens (tertiary/aromatic N) is 1. The second-order valence-corrected chi connectivity index (χ2v) is 4.99. The van der Waals surface area contributed by atoms with E-state index < -0.39 is 6.04 Å². The molecule has 0 spiro atoms. The third-order valence-electron chi connectivity index (χ3n) is 2.83. The van der Waals surface area contributed by atoms with E-state index in [1.807, 2.05) is 0 Å². The Balaban J connectivity index is 2.01. The van der Waals surface area contributed by atoms with Gasteiger partial charge in [-0.25, -0.2) is 4.98 Å². The number of amides is 2. The Morgan fingerprint density at radius 2 is 2.28 bits per heavy atom. The normalized spacial score (nSPS) is 19.8. The molecular formula is C12H14BrN3O2. The molecule has 2 amide bonds. The lowest BCUT2D eigenvalue weighted by atomic mass is 10.1. The van der Waals surface area contributed by atoms with E-state index in [2.05, 4.69) is 31.5 Å². The lowest BCUT2D eigenvalue weighted by Gasteiger charge is -2.14. The van der Waals surface area contributed by atoms with E-state index in [1.165, 1.54) is 6.20 Å². The molecule has 0 saturated carbocycles. The van der Waals surface area contributed by atoms with Gasteiger partial charge in [0.2, 0.25) is 5.91 Å². The molecule has 96 valence electrons. The van der Waals surface area contributed by atoms with Gasteiger partial charge in [0.25, 0.3) is 5.91 Å². The van der Waals surface area contributed by atoms with E-state index in [9.17, 15) is 9.59 Å². The molecular weight excluding hydrogens is 298 g/mol. The highest BCUT2D eigenvalue weighted by atomic mass is 79.9. The summed E-state index contributed by atoms with van der Waals surface area (Å²) in [7, 11) is 0. The van der Waals surface area contributed by atoms with Crippen LogP contribution in [0.5, 0.6) is 0 Å². The van der Waals surface area contributed by atoms with Gasteiger partial charge in [-0.2, -0.15) is 0 Å². The minimum Gasteiger partial charge on any atom is -0.354 e. The van der Waals surface area contributed by atoms with Crippen LogP contribution in [0.2, 0.25) is 0 Å². The fourth-order valence-electron chi connectivity index (χ4n) is 1.83. The molecule has 18 heavy (non-hydrogen) atoms. The Kier molecular flexibility index (Phi) is 4.30. The Bertz CT molecular complexity index is 447. The monoisotopic (exact) mass is 311 g/mol. The first kappa shape index (κ1) is 13.0. The molecule has 2 heterocycles. The van der Waals surface area contributed by atoms with Crippen LogP contribution in [0.3, 0.4) is 0 Å². The van der Waals surface area contributed by atoms with Crippen LogP contribution in [-0.2, 0) is 4.79 Å². The number of pyridine rings is 1. The molecule has 1 saturated heterocycles. The number of aromatic nitrogens is 1. The van der Waals surface area contributed by atoms with Gasteiger partial charge in [-0.15, -0.1) is 0 Å². The van der Waals surface area contributed by atoms with Gasteiger partial charge >= 0.3 is 0 Å². The summed E-state index contributed by atoms with van der Waals surface area (Å²) < 4.78 is 0.672. The number of carbonyl (C=O) groups excluding carboxylic acids is 2. The summed E-state index contributed by atoms with van der Waals surface area (Å²) in [6.07, 6.45) is 4.05. The van der Waals surface area contributed by atoms with E-state index in [0.29, 0.717) is 23.1 Å². The average Bonchev–Trinajstić information content (AvgIpc) is 2.56. The predicted molar refractivity (Wildman–Crippen MR) is 70.1 cm³/mol. The number of carbonyl (C=O) groups is 2. The summed E-state index contributed by atoms with van der Waals surface area (Å²) in [6.45, 7) is 0.686. The van der Waals surface area contributed by atoms with Crippen molar-refractivity contribution in [2.45, 2.75) is 25.3 Å². The first-order chi connectivity index (χ1) is 8.66. The summed E-state index contributed by atoms with van der Waals surface area (Å²) >= 11 is 3.21. The predicted octanol–water partition coefficient (Wildman–Crippen LogP) is 1.24. The molecule has 5 nitrogen and oxygen atoms in total. The molecule has 1 atom stereocenters. The number of hydrogen-bond acceptors (Lipinski definition) is 3. The fourth-order valence-corrected chi connectivity index (χ4v) is 2.06. The Morgan fingerprint density at radius 1 is 1.44 bits per heavy atom. The summed E-state index contributed by atoms with van der Waals surface area (Å²) in [5.41, 5.74) is 0.454. The molecule has 1 unspecified atom stereocenters. The standard InChI is InChI=1S/C12H14BrN3O2/c13-10-5-4-8(7-15-10)11(17)16-9-3-1-2-6-14-12(9)18/h4-5,7,9H,1-3,6H2,(H,14,18)(H,16,17). The molecule has 0 radical (unpaired) electrons. The number of halogens is 1. The maximum absolute atomic E-state index is 11.9. The molecule has 1 aliphatic heterocycles. The summed E-state index contributed by atoms with van der Waals surface area (Å²) in [5.74, 6) is -0.372. The first-order valence-corrected chi connectivity index (χ1v) is 6.66. The van der Waals surface area contributed by atoms with Crippen LogP contribution >= 0.6 is 15.9 Å². The quantitative estimate of drug-likeness (QED) is 0.807. The lowest BCUT2D eigenvalue weighted by molar-refractivity contribution is -0.122. The van der Waals surface area contributed by atoms with Crippen LogP contribution in [0.15, 0.2) is 22.9 Å². The van der Waals surface area contributed by atoms with Gasteiger partial charge in [0.15, 0.2) is 0 Å². The third-order valence-corrected chi connectivity index (χ3v) is 3.30. The zero-order chi connectivity index (χ0) is 13.0. The minimum atomic E-state index is -0.441. The van der Waals surface area contributed by atoms with Crippen molar-refractivity contribution in [3.05, 3.63) is 28.5 Å². The summed E-state index contributed by atoms with van der Waals surface area (Å²) in [5, 5.41) is 5.52. The van der Waals surface area contributed by atoms with Gasteiger partial charge in [-0.1, -0.05) is 0 Å². The van der Waals surface area contributed by atoms with Gasteiger partial charge in [0, 0.05) is 12.7 Å². The molecule has 1 aromatic rings. The van der Waals surface area contributed by atoms with Crippen molar-refractivity contribution in [2.24, 2.45) is 0 Å². The Labute approximate surface area is 113 Å². The lowest BCUT2D eigenvalue weighted by Crippen LogP contribution is -2.45. The van der Waals surface area contributed by atoms with Gasteiger partial charge in [-0.3, -0.25) is 9.59 Å². The molecule has 2 rings (SSSR count). The van der Waals surface area contributed by atoms with Gasteiger partial charge in [-0.05, 0) is 47.3 Å².